The molecule has 1 unspecified atom stereocenters. The van der Waals surface area contributed by atoms with E-state index in [4.69, 9.17) is 22.4 Å². The van der Waals surface area contributed by atoms with Gasteiger partial charge in [0.05, 0.1) is 23.0 Å². The Balaban J connectivity index is 0.000000236. The SMILES string of the molecule is Nc1ncc2c(F)cc(-c3cccc(Cl)c3F)n2n1.OC1CCCNC1. The lowest BCUT2D eigenvalue weighted by Gasteiger charge is -2.16. The molecule has 138 valence electrons. The Morgan fingerprint density at radius 1 is 1.35 bits per heavy atom. The molecule has 1 fully saturated rings. The van der Waals surface area contributed by atoms with Crippen molar-refractivity contribution in [2.45, 2.75) is 18.9 Å². The maximum absolute atomic E-state index is 14.0. The molecule has 2 aromatic heterocycles. The third-order valence-electron chi connectivity index (χ3n) is 3.98. The highest BCUT2D eigenvalue weighted by Gasteiger charge is 2.16. The van der Waals surface area contributed by atoms with Crippen LogP contribution in [-0.2, 0) is 0 Å². The van der Waals surface area contributed by atoms with Gasteiger partial charge in [0.15, 0.2) is 11.6 Å². The van der Waals surface area contributed by atoms with Crippen LogP contribution < -0.4 is 11.1 Å². The Bertz CT molecular complexity index is 912. The average molecular weight is 382 g/mol. The summed E-state index contributed by atoms with van der Waals surface area (Å²) < 4.78 is 28.9. The van der Waals surface area contributed by atoms with Crippen LogP contribution in [-0.4, -0.2) is 38.9 Å². The second-order valence-corrected chi connectivity index (χ2v) is 6.30. The number of hydrogen-bond donors (Lipinski definition) is 3. The highest BCUT2D eigenvalue weighted by atomic mass is 35.5. The lowest BCUT2D eigenvalue weighted by atomic mass is 10.1. The van der Waals surface area contributed by atoms with Gasteiger partial charge in [-0.15, -0.1) is 5.10 Å². The monoisotopic (exact) mass is 381 g/mol. The summed E-state index contributed by atoms with van der Waals surface area (Å²) in [5, 5.41) is 15.8. The first-order valence-electron chi connectivity index (χ1n) is 8.10. The first kappa shape index (κ1) is 18.5. The van der Waals surface area contributed by atoms with Crippen molar-refractivity contribution in [1.82, 2.24) is 19.9 Å². The Labute approximate surface area is 153 Å². The summed E-state index contributed by atoms with van der Waals surface area (Å²) in [6, 6.07) is 5.64. The molecule has 1 aliphatic rings. The largest absolute Gasteiger partial charge is 0.392 e. The molecular formula is C17H18ClF2N5O. The van der Waals surface area contributed by atoms with Gasteiger partial charge in [-0.05, 0) is 31.5 Å². The van der Waals surface area contributed by atoms with E-state index in [9.17, 15) is 8.78 Å². The molecule has 1 aliphatic heterocycles. The van der Waals surface area contributed by atoms with Gasteiger partial charge in [-0.25, -0.2) is 18.3 Å². The summed E-state index contributed by atoms with van der Waals surface area (Å²) in [5.74, 6) is -1.23. The van der Waals surface area contributed by atoms with Crippen molar-refractivity contribution in [3.8, 4) is 11.3 Å². The number of fused-ring (bicyclic) bond motifs is 1. The van der Waals surface area contributed by atoms with Crippen LogP contribution in [0.3, 0.4) is 0 Å². The molecule has 6 nitrogen and oxygen atoms in total. The maximum Gasteiger partial charge on any atom is 0.238 e. The number of nitrogens with one attached hydrogen (secondary N) is 1. The van der Waals surface area contributed by atoms with Crippen molar-refractivity contribution in [3.05, 3.63) is 47.1 Å². The van der Waals surface area contributed by atoms with Crippen molar-refractivity contribution < 1.29 is 13.9 Å². The highest BCUT2D eigenvalue weighted by molar-refractivity contribution is 6.31. The van der Waals surface area contributed by atoms with Crippen LogP contribution in [0.15, 0.2) is 30.5 Å². The Kier molecular flexibility index (Phi) is 5.65. The Morgan fingerprint density at radius 2 is 2.15 bits per heavy atom. The number of aliphatic hydroxyl groups is 1. The molecule has 0 radical (unpaired) electrons. The molecule has 0 bridgehead atoms. The number of aliphatic hydroxyl groups excluding tert-OH is 1. The summed E-state index contributed by atoms with van der Waals surface area (Å²) in [6.45, 7) is 1.87. The fourth-order valence-electron chi connectivity index (χ4n) is 2.69. The van der Waals surface area contributed by atoms with E-state index in [1.807, 2.05) is 0 Å². The number of anilines is 1. The molecule has 0 saturated carbocycles. The van der Waals surface area contributed by atoms with E-state index in [2.05, 4.69) is 15.4 Å². The molecule has 1 saturated heterocycles. The van der Waals surface area contributed by atoms with E-state index in [0.717, 1.165) is 32.0 Å². The molecule has 1 aromatic carbocycles. The number of β-amino-alcohol motifs (C(OH)–C–C–N with tert-alkyl or cyclic N) is 1. The van der Waals surface area contributed by atoms with E-state index in [1.165, 1.54) is 22.8 Å². The molecule has 4 N–H and O–H groups in total. The number of piperidine rings is 1. The number of nitrogen functional groups attached to an aromatic ring is 1. The number of hydrogen-bond acceptors (Lipinski definition) is 5. The van der Waals surface area contributed by atoms with E-state index in [1.54, 1.807) is 6.07 Å². The van der Waals surface area contributed by atoms with Gasteiger partial charge in [0.2, 0.25) is 5.95 Å². The minimum atomic E-state index is -0.638. The molecule has 0 amide bonds. The van der Waals surface area contributed by atoms with Crippen molar-refractivity contribution in [2.24, 2.45) is 0 Å². The number of halogens is 3. The molecule has 9 heteroatoms. The fraction of sp³-hybridized carbons (Fsp3) is 0.294. The zero-order valence-electron chi connectivity index (χ0n) is 13.8. The van der Waals surface area contributed by atoms with E-state index in [0.29, 0.717) is 0 Å². The average Bonchev–Trinajstić information content (AvgIpc) is 2.94. The van der Waals surface area contributed by atoms with Crippen LogP contribution >= 0.6 is 11.6 Å². The third kappa shape index (κ3) is 3.92. The third-order valence-corrected chi connectivity index (χ3v) is 4.28. The van der Waals surface area contributed by atoms with Gasteiger partial charge in [-0.3, -0.25) is 0 Å². The van der Waals surface area contributed by atoms with Crippen LogP contribution in [0.5, 0.6) is 0 Å². The molecule has 0 aliphatic carbocycles. The summed E-state index contributed by atoms with van der Waals surface area (Å²) >= 11 is 5.72. The maximum atomic E-state index is 14.0. The Hall–Kier alpha value is -2.29. The summed E-state index contributed by atoms with van der Waals surface area (Å²) in [4.78, 5) is 3.70. The Morgan fingerprint density at radius 3 is 2.81 bits per heavy atom. The van der Waals surface area contributed by atoms with Gasteiger partial charge in [-0.1, -0.05) is 17.7 Å². The normalized spacial score (nSPS) is 17.0. The van der Waals surface area contributed by atoms with Crippen molar-refractivity contribution in [2.75, 3.05) is 18.8 Å². The zero-order chi connectivity index (χ0) is 18.7. The van der Waals surface area contributed by atoms with Gasteiger partial charge >= 0.3 is 0 Å². The summed E-state index contributed by atoms with van der Waals surface area (Å²) in [5.41, 5.74) is 5.94. The van der Waals surface area contributed by atoms with Gasteiger partial charge in [0.25, 0.3) is 0 Å². The lowest BCUT2D eigenvalue weighted by Crippen LogP contribution is -2.33. The van der Waals surface area contributed by atoms with Crippen molar-refractivity contribution in [1.29, 1.82) is 0 Å². The molecule has 1 atom stereocenters. The first-order chi connectivity index (χ1) is 12.5. The van der Waals surface area contributed by atoms with Crippen LogP contribution in [0.4, 0.5) is 14.7 Å². The molecular weight excluding hydrogens is 364 g/mol. The van der Waals surface area contributed by atoms with Gasteiger partial charge < -0.3 is 16.2 Å². The molecule has 26 heavy (non-hydrogen) atoms. The van der Waals surface area contributed by atoms with Crippen molar-refractivity contribution in [3.63, 3.8) is 0 Å². The van der Waals surface area contributed by atoms with E-state index < -0.39 is 11.6 Å². The quantitative estimate of drug-likeness (QED) is 0.603. The van der Waals surface area contributed by atoms with E-state index >= 15 is 0 Å². The molecule has 4 rings (SSSR count). The summed E-state index contributed by atoms with van der Waals surface area (Å²) in [6.07, 6.45) is 3.27. The minimum absolute atomic E-state index is 0.0354. The second kappa shape index (κ2) is 7.94. The number of nitrogens with two attached hydrogens (primary N) is 1. The van der Waals surface area contributed by atoms with Crippen LogP contribution in [0.2, 0.25) is 5.02 Å². The van der Waals surface area contributed by atoms with Crippen LogP contribution in [0.1, 0.15) is 12.8 Å². The zero-order valence-corrected chi connectivity index (χ0v) is 14.5. The number of aromatic nitrogens is 3. The van der Waals surface area contributed by atoms with E-state index in [-0.39, 0.29) is 33.8 Å². The summed E-state index contributed by atoms with van der Waals surface area (Å²) in [7, 11) is 0. The fourth-order valence-corrected chi connectivity index (χ4v) is 2.87. The topological polar surface area (TPSA) is 88.5 Å². The van der Waals surface area contributed by atoms with Gasteiger partial charge in [0.1, 0.15) is 5.52 Å². The predicted molar refractivity (Wildman–Crippen MR) is 95.9 cm³/mol. The molecule has 3 aromatic rings. The molecule has 3 heterocycles. The number of rotatable bonds is 1. The number of nitrogens with zero attached hydrogens (tertiary/aromatic N) is 3. The number of benzene rings is 1. The first-order valence-corrected chi connectivity index (χ1v) is 8.48. The lowest BCUT2D eigenvalue weighted by molar-refractivity contribution is 0.142. The second-order valence-electron chi connectivity index (χ2n) is 5.89. The van der Waals surface area contributed by atoms with Crippen LogP contribution in [0.25, 0.3) is 16.8 Å². The highest BCUT2D eigenvalue weighted by Crippen LogP contribution is 2.29. The predicted octanol–water partition coefficient (Wildman–Crippen LogP) is 2.64. The van der Waals surface area contributed by atoms with Gasteiger partial charge in [-0.2, -0.15) is 0 Å². The smallest absolute Gasteiger partial charge is 0.238 e. The minimum Gasteiger partial charge on any atom is -0.392 e. The molecule has 0 spiro atoms. The van der Waals surface area contributed by atoms with Crippen LogP contribution in [0, 0.1) is 11.6 Å². The van der Waals surface area contributed by atoms with Gasteiger partial charge in [0, 0.05) is 18.2 Å². The van der Waals surface area contributed by atoms with Crippen molar-refractivity contribution >= 4 is 23.1 Å². The standard InChI is InChI=1S/C12H7ClF2N4.C5H11NO/c13-7-3-1-2-6(11(7)15)9-4-8(14)10-5-17-12(16)18-19(9)10;7-5-2-1-3-6-4-5/h1-5H,(H2,16,18);5-7H,1-4H2.